The van der Waals surface area contributed by atoms with E-state index in [0.717, 1.165) is 0 Å². The number of amides is 1. The van der Waals surface area contributed by atoms with Gasteiger partial charge in [-0.3, -0.25) is 4.79 Å². The molecule has 0 aromatic carbocycles. The molecule has 1 aromatic heterocycles. The third kappa shape index (κ3) is 2.73. The number of hydrogen-bond acceptors (Lipinski definition) is 5. The molecule has 0 aliphatic carbocycles. The van der Waals surface area contributed by atoms with Crippen molar-refractivity contribution in [3.05, 3.63) is 16.9 Å². The Kier molecular flexibility index (Phi) is 4.49. The quantitative estimate of drug-likeness (QED) is 0.676. The Morgan fingerprint density at radius 3 is 2.85 bits per heavy atom. The van der Waals surface area contributed by atoms with Crippen LogP contribution in [0, 0.1) is 5.92 Å². The van der Waals surface area contributed by atoms with E-state index in [9.17, 15) is 14.7 Å². The van der Waals surface area contributed by atoms with Crippen LogP contribution >= 0.6 is 23.4 Å². The number of carboxylic acids is 1. The average molecular weight is 316 g/mol. The summed E-state index contributed by atoms with van der Waals surface area (Å²) in [5.41, 5.74) is 0.0615. The van der Waals surface area contributed by atoms with Gasteiger partial charge < -0.3 is 10.0 Å². The Balaban J connectivity index is 2.34. The molecular weight excluding hydrogens is 302 g/mol. The van der Waals surface area contributed by atoms with Gasteiger partial charge in [0.15, 0.2) is 10.9 Å². The number of carboxylic acid groups (broad SMARTS) is 1. The van der Waals surface area contributed by atoms with Gasteiger partial charge >= 0.3 is 5.97 Å². The van der Waals surface area contributed by atoms with Gasteiger partial charge in [-0.05, 0) is 18.6 Å². The van der Waals surface area contributed by atoms with Crippen molar-refractivity contribution in [1.82, 2.24) is 14.9 Å². The zero-order chi connectivity index (χ0) is 14.9. The molecular formula is C12H14ClN3O3S. The number of carbonyl (C=O) groups excluding carboxylic acids is 1. The van der Waals surface area contributed by atoms with E-state index in [1.54, 1.807) is 6.26 Å². The average Bonchev–Trinajstić information content (AvgIpc) is 2.80. The summed E-state index contributed by atoms with van der Waals surface area (Å²) >= 11 is 7.25. The van der Waals surface area contributed by atoms with E-state index in [1.165, 1.54) is 22.9 Å². The normalized spacial score (nSPS) is 22.1. The predicted octanol–water partition coefficient (Wildman–Crippen LogP) is 1.79. The maximum atomic E-state index is 12.5. The van der Waals surface area contributed by atoms with E-state index < -0.39 is 17.9 Å². The summed E-state index contributed by atoms with van der Waals surface area (Å²) in [5.74, 6) is -1.54. The van der Waals surface area contributed by atoms with E-state index >= 15 is 0 Å². The van der Waals surface area contributed by atoms with E-state index in [0.29, 0.717) is 18.1 Å². The number of nitrogens with zero attached hydrogens (tertiary/aromatic N) is 3. The molecule has 8 heteroatoms. The molecule has 1 saturated heterocycles. The van der Waals surface area contributed by atoms with Crippen molar-refractivity contribution in [3.8, 4) is 0 Å². The number of aromatic nitrogens is 2. The van der Waals surface area contributed by atoms with Crippen LogP contribution in [0.3, 0.4) is 0 Å². The Morgan fingerprint density at radius 1 is 1.55 bits per heavy atom. The summed E-state index contributed by atoms with van der Waals surface area (Å²) in [6.07, 6.45) is 3.80. The van der Waals surface area contributed by atoms with Gasteiger partial charge in [0.25, 0.3) is 5.91 Å². The molecule has 1 aliphatic heterocycles. The van der Waals surface area contributed by atoms with Gasteiger partial charge in [0, 0.05) is 6.54 Å². The molecule has 0 spiro atoms. The Bertz CT molecular complexity index is 555. The summed E-state index contributed by atoms with van der Waals surface area (Å²) in [6, 6.07) is -0.828. The van der Waals surface area contributed by atoms with Crippen molar-refractivity contribution in [2.75, 3.05) is 12.8 Å². The highest BCUT2D eigenvalue weighted by Gasteiger charge is 2.40. The molecule has 6 nitrogen and oxygen atoms in total. The Morgan fingerprint density at radius 2 is 2.25 bits per heavy atom. The van der Waals surface area contributed by atoms with Crippen LogP contribution in [0.15, 0.2) is 11.4 Å². The van der Waals surface area contributed by atoms with Crippen LogP contribution in [0.25, 0.3) is 0 Å². The maximum Gasteiger partial charge on any atom is 0.326 e. The summed E-state index contributed by atoms with van der Waals surface area (Å²) in [4.78, 5) is 33.2. The van der Waals surface area contributed by atoms with Gasteiger partial charge in [0.1, 0.15) is 6.04 Å². The van der Waals surface area contributed by atoms with Gasteiger partial charge in [-0.15, -0.1) is 0 Å². The summed E-state index contributed by atoms with van der Waals surface area (Å²) in [5, 5.41) is 9.82. The highest BCUT2D eigenvalue weighted by Crippen LogP contribution is 2.27. The zero-order valence-electron chi connectivity index (χ0n) is 11.0. The number of aliphatic carboxylic acids is 1. The van der Waals surface area contributed by atoms with Crippen molar-refractivity contribution < 1.29 is 14.7 Å². The first-order valence-corrected chi connectivity index (χ1v) is 7.66. The fourth-order valence-corrected chi connectivity index (χ4v) is 2.80. The van der Waals surface area contributed by atoms with Crippen molar-refractivity contribution in [3.63, 3.8) is 0 Å². The molecule has 1 aliphatic rings. The molecule has 0 radical (unpaired) electrons. The highest BCUT2D eigenvalue weighted by molar-refractivity contribution is 7.98. The molecule has 108 valence electrons. The van der Waals surface area contributed by atoms with Crippen LogP contribution < -0.4 is 0 Å². The van der Waals surface area contributed by atoms with E-state index in [1.807, 2.05) is 6.92 Å². The van der Waals surface area contributed by atoms with Gasteiger partial charge in [-0.2, -0.15) is 0 Å². The monoisotopic (exact) mass is 315 g/mol. The number of thioether (sulfide) groups is 1. The lowest BCUT2D eigenvalue weighted by atomic mass is 10.0. The van der Waals surface area contributed by atoms with Crippen molar-refractivity contribution in [1.29, 1.82) is 0 Å². The molecule has 1 fully saturated rings. The van der Waals surface area contributed by atoms with Crippen molar-refractivity contribution in [2.45, 2.75) is 24.5 Å². The van der Waals surface area contributed by atoms with Gasteiger partial charge in [0.2, 0.25) is 0 Å². The molecule has 0 bridgehead atoms. The summed E-state index contributed by atoms with van der Waals surface area (Å²) in [6.45, 7) is 2.22. The standard InChI is InChI=1S/C12H14ClN3O3S/c1-6-3-4-16(9(6)11(18)19)10(17)8-7(13)5-14-12(15-8)20-2/h5-6,9H,3-4H2,1-2H3,(H,18,19). The number of rotatable bonds is 3. The summed E-state index contributed by atoms with van der Waals surface area (Å²) in [7, 11) is 0. The molecule has 2 atom stereocenters. The largest absolute Gasteiger partial charge is 0.480 e. The van der Waals surface area contributed by atoms with E-state index in [4.69, 9.17) is 11.6 Å². The number of halogens is 1. The van der Waals surface area contributed by atoms with Crippen LogP contribution in [0.5, 0.6) is 0 Å². The predicted molar refractivity (Wildman–Crippen MR) is 75.1 cm³/mol. The van der Waals surface area contributed by atoms with E-state index in [2.05, 4.69) is 9.97 Å². The lowest BCUT2D eigenvalue weighted by molar-refractivity contribution is -0.142. The zero-order valence-corrected chi connectivity index (χ0v) is 12.6. The molecule has 2 rings (SSSR count). The van der Waals surface area contributed by atoms with Gasteiger partial charge in [-0.1, -0.05) is 30.3 Å². The SMILES string of the molecule is CSc1ncc(Cl)c(C(=O)N2CCC(C)C2C(=O)O)n1. The fourth-order valence-electron chi connectivity index (χ4n) is 2.29. The first kappa shape index (κ1) is 15.1. The smallest absolute Gasteiger partial charge is 0.326 e. The Hall–Kier alpha value is -1.34. The molecule has 2 heterocycles. The van der Waals surface area contributed by atoms with Crippen molar-refractivity contribution in [2.24, 2.45) is 5.92 Å². The topological polar surface area (TPSA) is 83.4 Å². The summed E-state index contributed by atoms with van der Waals surface area (Å²) < 4.78 is 0. The lowest BCUT2D eigenvalue weighted by Gasteiger charge is -2.23. The molecule has 1 amide bonds. The molecule has 1 aromatic rings. The van der Waals surface area contributed by atoms with Crippen molar-refractivity contribution >= 4 is 35.2 Å². The minimum absolute atomic E-state index is 0.0615. The minimum Gasteiger partial charge on any atom is -0.480 e. The molecule has 20 heavy (non-hydrogen) atoms. The van der Waals surface area contributed by atoms with Crippen LogP contribution in [-0.2, 0) is 4.79 Å². The number of hydrogen-bond donors (Lipinski definition) is 1. The third-order valence-corrected chi connectivity index (χ3v) is 4.16. The lowest BCUT2D eigenvalue weighted by Crippen LogP contribution is -2.43. The maximum absolute atomic E-state index is 12.5. The third-order valence-electron chi connectivity index (χ3n) is 3.32. The Labute approximate surface area is 125 Å². The first-order valence-electron chi connectivity index (χ1n) is 6.06. The first-order chi connectivity index (χ1) is 9.45. The van der Waals surface area contributed by atoms with Gasteiger partial charge in [-0.25, -0.2) is 14.8 Å². The van der Waals surface area contributed by atoms with Gasteiger partial charge in [0.05, 0.1) is 11.2 Å². The van der Waals surface area contributed by atoms with Crippen LogP contribution in [0.2, 0.25) is 5.02 Å². The second kappa shape index (κ2) is 5.97. The molecule has 0 saturated carbocycles. The highest BCUT2D eigenvalue weighted by atomic mass is 35.5. The molecule has 1 N–H and O–H groups in total. The van der Waals surface area contributed by atoms with Crippen LogP contribution in [0.4, 0.5) is 0 Å². The minimum atomic E-state index is -1.00. The number of carbonyl (C=O) groups is 2. The number of likely N-dealkylation sites (tertiary alicyclic amines) is 1. The van der Waals surface area contributed by atoms with E-state index in [-0.39, 0.29) is 16.6 Å². The van der Waals surface area contributed by atoms with Crippen LogP contribution in [-0.4, -0.2) is 50.7 Å². The second-order valence-corrected chi connectivity index (χ2v) is 5.78. The molecule has 2 unspecified atom stereocenters. The van der Waals surface area contributed by atoms with Crippen LogP contribution in [0.1, 0.15) is 23.8 Å². The second-order valence-electron chi connectivity index (χ2n) is 4.60. The fraction of sp³-hybridized carbons (Fsp3) is 0.500.